The molecule has 0 radical (unpaired) electrons. The first-order valence-corrected chi connectivity index (χ1v) is 6.32. The average molecular weight is 220 g/mol. The fourth-order valence-corrected chi connectivity index (χ4v) is 2.43. The van der Waals surface area contributed by atoms with Crippen LogP contribution < -0.4 is 0 Å². The lowest BCUT2D eigenvalue weighted by atomic mass is 9.80. The molecule has 0 aromatic rings. The van der Waals surface area contributed by atoms with Crippen molar-refractivity contribution in [3.63, 3.8) is 0 Å². The molecule has 0 spiro atoms. The van der Waals surface area contributed by atoms with Crippen LogP contribution in [0.15, 0.2) is 0 Å². The SMILES string of the molecule is CC1(C#N)CCN(C(=O)CC2CCC2)CC1. The van der Waals surface area contributed by atoms with Crippen molar-refractivity contribution in [3.8, 4) is 6.07 Å². The zero-order chi connectivity index (χ0) is 11.6. The van der Waals surface area contributed by atoms with Crippen molar-refractivity contribution in [1.29, 1.82) is 5.26 Å². The third-order valence-electron chi connectivity index (χ3n) is 4.18. The predicted molar refractivity (Wildman–Crippen MR) is 61.5 cm³/mol. The number of amides is 1. The lowest BCUT2D eigenvalue weighted by Gasteiger charge is -2.36. The van der Waals surface area contributed by atoms with Gasteiger partial charge >= 0.3 is 0 Å². The van der Waals surface area contributed by atoms with Crippen LogP contribution in [-0.4, -0.2) is 23.9 Å². The molecule has 88 valence electrons. The summed E-state index contributed by atoms with van der Waals surface area (Å²) >= 11 is 0. The molecular weight excluding hydrogens is 200 g/mol. The summed E-state index contributed by atoms with van der Waals surface area (Å²) < 4.78 is 0. The Hall–Kier alpha value is -1.04. The number of hydrogen-bond donors (Lipinski definition) is 0. The van der Waals surface area contributed by atoms with Crippen molar-refractivity contribution in [2.75, 3.05) is 13.1 Å². The third kappa shape index (κ3) is 2.37. The predicted octanol–water partition coefficient (Wildman–Crippen LogP) is 2.33. The van der Waals surface area contributed by atoms with Gasteiger partial charge in [0, 0.05) is 19.5 Å². The summed E-state index contributed by atoms with van der Waals surface area (Å²) in [6.45, 7) is 3.55. The minimum Gasteiger partial charge on any atom is -0.343 e. The van der Waals surface area contributed by atoms with Crippen molar-refractivity contribution in [2.45, 2.75) is 45.4 Å². The van der Waals surface area contributed by atoms with Crippen molar-refractivity contribution in [1.82, 2.24) is 4.90 Å². The number of nitriles is 1. The van der Waals surface area contributed by atoms with Crippen LogP contribution >= 0.6 is 0 Å². The maximum atomic E-state index is 11.9. The van der Waals surface area contributed by atoms with Crippen LogP contribution in [0.5, 0.6) is 0 Å². The Kier molecular flexibility index (Phi) is 3.18. The number of hydrogen-bond acceptors (Lipinski definition) is 2. The highest BCUT2D eigenvalue weighted by atomic mass is 16.2. The van der Waals surface area contributed by atoms with Gasteiger partial charge in [-0.2, -0.15) is 5.26 Å². The number of carbonyl (C=O) groups is 1. The van der Waals surface area contributed by atoms with Crippen LogP contribution in [0.1, 0.15) is 45.4 Å². The molecule has 2 rings (SSSR count). The van der Waals surface area contributed by atoms with E-state index in [-0.39, 0.29) is 5.41 Å². The molecule has 0 aromatic carbocycles. The molecule has 3 heteroatoms. The normalized spacial score (nSPS) is 24.6. The molecule has 1 saturated carbocycles. The number of nitrogens with zero attached hydrogens (tertiary/aromatic N) is 2. The Morgan fingerprint density at radius 1 is 1.44 bits per heavy atom. The standard InChI is InChI=1S/C13H20N2O/c1-13(10-14)5-7-15(8-6-13)12(16)9-11-3-2-4-11/h11H,2-9H2,1H3. The number of carbonyl (C=O) groups excluding carboxylic acids is 1. The van der Waals surface area contributed by atoms with Gasteiger partial charge in [-0.15, -0.1) is 0 Å². The smallest absolute Gasteiger partial charge is 0.222 e. The molecule has 16 heavy (non-hydrogen) atoms. The molecule has 0 aromatic heterocycles. The number of likely N-dealkylation sites (tertiary alicyclic amines) is 1. The van der Waals surface area contributed by atoms with Crippen molar-refractivity contribution in [3.05, 3.63) is 0 Å². The van der Waals surface area contributed by atoms with Crippen molar-refractivity contribution < 1.29 is 4.79 Å². The first kappa shape index (κ1) is 11.4. The monoisotopic (exact) mass is 220 g/mol. The van der Waals surface area contributed by atoms with Gasteiger partial charge in [-0.1, -0.05) is 6.42 Å². The summed E-state index contributed by atoms with van der Waals surface area (Å²) in [4.78, 5) is 13.9. The van der Waals surface area contributed by atoms with Gasteiger partial charge in [0.15, 0.2) is 0 Å². The molecule has 0 unspecified atom stereocenters. The topological polar surface area (TPSA) is 44.1 Å². The summed E-state index contributed by atoms with van der Waals surface area (Å²) in [5.74, 6) is 0.960. The quantitative estimate of drug-likeness (QED) is 0.717. The zero-order valence-corrected chi connectivity index (χ0v) is 10.0. The van der Waals surface area contributed by atoms with Crippen LogP contribution in [0.2, 0.25) is 0 Å². The molecule has 2 fully saturated rings. The lowest BCUT2D eigenvalue weighted by molar-refractivity contribution is -0.134. The van der Waals surface area contributed by atoms with Crippen molar-refractivity contribution in [2.24, 2.45) is 11.3 Å². The van der Waals surface area contributed by atoms with E-state index in [1.54, 1.807) is 0 Å². The molecule has 0 atom stereocenters. The molecule has 0 N–H and O–H groups in total. The molecule has 1 amide bonds. The van der Waals surface area contributed by atoms with Crippen molar-refractivity contribution >= 4 is 5.91 Å². The largest absolute Gasteiger partial charge is 0.343 e. The zero-order valence-electron chi connectivity index (χ0n) is 10.0. The Morgan fingerprint density at radius 2 is 2.06 bits per heavy atom. The number of piperidine rings is 1. The van der Waals surface area contributed by atoms with E-state index in [1.165, 1.54) is 19.3 Å². The Balaban J connectivity index is 1.79. The molecular formula is C13H20N2O. The summed E-state index contributed by atoms with van der Waals surface area (Å²) in [5.41, 5.74) is -0.201. The summed E-state index contributed by atoms with van der Waals surface area (Å²) in [7, 11) is 0. The molecule has 0 bridgehead atoms. The fourth-order valence-electron chi connectivity index (χ4n) is 2.43. The first-order chi connectivity index (χ1) is 7.63. The molecule has 1 saturated heterocycles. The first-order valence-electron chi connectivity index (χ1n) is 6.32. The summed E-state index contributed by atoms with van der Waals surface area (Å²) in [5, 5.41) is 9.01. The van der Waals surface area contributed by atoms with Gasteiger partial charge in [0.2, 0.25) is 5.91 Å². The minimum atomic E-state index is -0.201. The Labute approximate surface area is 97.4 Å². The molecule has 1 heterocycles. The summed E-state index contributed by atoms with van der Waals surface area (Å²) in [6, 6.07) is 2.36. The van der Waals surface area contributed by atoms with Crippen LogP contribution in [0.3, 0.4) is 0 Å². The van der Waals surface area contributed by atoms with Crippen LogP contribution in [0.25, 0.3) is 0 Å². The van der Waals surface area contributed by atoms with E-state index in [2.05, 4.69) is 6.07 Å². The van der Waals surface area contributed by atoms with E-state index >= 15 is 0 Å². The second-order valence-corrected chi connectivity index (χ2v) is 5.55. The van der Waals surface area contributed by atoms with E-state index in [0.717, 1.165) is 32.4 Å². The molecule has 3 nitrogen and oxygen atoms in total. The summed E-state index contributed by atoms with van der Waals surface area (Å²) in [6.07, 6.45) is 6.17. The highest BCUT2D eigenvalue weighted by Gasteiger charge is 2.32. The second-order valence-electron chi connectivity index (χ2n) is 5.55. The van der Waals surface area contributed by atoms with Crippen LogP contribution in [-0.2, 0) is 4.79 Å². The van der Waals surface area contributed by atoms with Crippen LogP contribution in [0.4, 0.5) is 0 Å². The molecule has 2 aliphatic rings. The van der Waals surface area contributed by atoms with Gasteiger partial charge < -0.3 is 4.90 Å². The molecule has 1 aliphatic carbocycles. The van der Waals surface area contributed by atoms with E-state index in [1.807, 2.05) is 11.8 Å². The van der Waals surface area contributed by atoms with Gasteiger partial charge in [0.25, 0.3) is 0 Å². The van der Waals surface area contributed by atoms with Gasteiger partial charge in [0.1, 0.15) is 0 Å². The van der Waals surface area contributed by atoms with E-state index < -0.39 is 0 Å². The lowest BCUT2D eigenvalue weighted by Crippen LogP contribution is -2.42. The second kappa shape index (κ2) is 4.45. The van der Waals surface area contributed by atoms with Gasteiger partial charge in [-0.3, -0.25) is 4.79 Å². The molecule has 1 aliphatic heterocycles. The van der Waals surface area contributed by atoms with Gasteiger partial charge in [0.05, 0.1) is 11.5 Å². The average Bonchev–Trinajstić information content (AvgIpc) is 2.24. The van der Waals surface area contributed by atoms with Gasteiger partial charge in [-0.05, 0) is 38.5 Å². The highest BCUT2D eigenvalue weighted by molar-refractivity contribution is 5.76. The highest BCUT2D eigenvalue weighted by Crippen LogP contribution is 2.33. The fraction of sp³-hybridized carbons (Fsp3) is 0.846. The van der Waals surface area contributed by atoms with E-state index in [9.17, 15) is 4.79 Å². The Morgan fingerprint density at radius 3 is 2.50 bits per heavy atom. The third-order valence-corrected chi connectivity index (χ3v) is 4.18. The maximum absolute atomic E-state index is 11.9. The maximum Gasteiger partial charge on any atom is 0.222 e. The van der Waals surface area contributed by atoms with E-state index in [0.29, 0.717) is 11.8 Å². The minimum absolute atomic E-state index is 0.201. The number of rotatable bonds is 2. The Bertz CT molecular complexity index is 306. The van der Waals surface area contributed by atoms with E-state index in [4.69, 9.17) is 5.26 Å². The van der Waals surface area contributed by atoms with Gasteiger partial charge in [-0.25, -0.2) is 0 Å². The van der Waals surface area contributed by atoms with Crippen LogP contribution in [0, 0.1) is 22.7 Å².